The highest BCUT2D eigenvalue weighted by molar-refractivity contribution is 4.85. The Kier molecular flexibility index (Phi) is 4.62. The number of aliphatic hydroxyl groups excluding tert-OH is 1. The molecule has 2 atom stereocenters. The summed E-state index contributed by atoms with van der Waals surface area (Å²) >= 11 is 0. The molecular formula is C13H26N2O. The molecule has 0 aliphatic carbocycles. The van der Waals surface area contributed by atoms with Crippen molar-refractivity contribution < 1.29 is 5.11 Å². The monoisotopic (exact) mass is 226 g/mol. The van der Waals surface area contributed by atoms with Gasteiger partial charge < -0.3 is 5.11 Å². The predicted molar refractivity (Wildman–Crippen MR) is 66.6 cm³/mol. The number of piperazine rings is 1. The summed E-state index contributed by atoms with van der Waals surface area (Å²) in [6, 6.07) is 0.774. The maximum atomic E-state index is 9.84. The summed E-state index contributed by atoms with van der Waals surface area (Å²) in [6.07, 6.45) is 6.07. The van der Waals surface area contributed by atoms with E-state index in [1.165, 1.54) is 38.9 Å². The van der Waals surface area contributed by atoms with Crippen LogP contribution in [0.1, 0.15) is 39.0 Å². The molecule has 0 radical (unpaired) electrons. The average Bonchev–Trinajstić information content (AvgIpc) is 2.29. The van der Waals surface area contributed by atoms with E-state index in [2.05, 4.69) is 16.7 Å². The molecule has 2 unspecified atom stereocenters. The number of aliphatic hydroxyl groups is 1. The molecule has 0 spiro atoms. The second kappa shape index (κ2) is 5.99. The minimum atomic E-state index is -0.111. The fourth-order valence-electron chi connectivity index (χ4n) is 3.11. The molecule has 2 rings (SSSR count). The Balaban J connectivity index is 1.76. The highest BCUT2D eigenvalue weighted by Crippen LogP contribution is 2.21. The van der Waals surface area contributed by atoms with Crippen LogP contribution < -0.4 is 0 Å². The first-order valence-corrected chi connectivity index (χ1v) is 6.94. The summed E-state index contributed by atoms with van der Waals surface area (Å²) in [5, 5.41) is 9.84. The zero-order valence-corrected chi connectivity index (χ0v) is 10.6. The topological polar surface area (TPSA) is 26.7 Å². The van der Waals surface area contributed by atoms with E-state index in [9.17, 15) is 5.11 Å². The number of hydrogen-bond donors (Lipinski definition) is 1. The first-order valence-electron chi connectivity index (χ1n) is 6.94. The van der Waals surface area contributed by atoms with Gasteiger partial charge >= 0.3 is 0 Å². The third-order valence-electron chi connectivity index (χ3n) is 4.01. The SMILES string of the molecule is CCCC(O)CN1CCN2CCCCC2C1. The zero-order chi connectivity index (χ0) is 11.4. The number of nitrogens with zero attached hydrogens (tertiary/aromatic N) is 2. The van der Waals surface area contributed by atoms with Crippen molar-refractivity contribution in [1.29, 1.82) is 0 Å². The Morgan fingerprint density at radius 1 is 1.25 bits per heavy atom. The van der Waals surface area contributed by atoms with Crippen molar-refractivity contribution >= 4 is 0 Å². The second-order valence-electron chi connectivity index (χ2n) is 5.39. The number of fused-ring (bicyclic) bond motifs is 1. The van der Waals surface area contributed by atoms with Gasteiger partial charge in [-0.15, -0.1) is 0 Å². The third-order valence-corrected chi connectivity index (χ3v) is 4.01. The van der Waals surface area contributed by atoms with Gasteiger partial charge in [0.2, 0.25) is 0 Å². The van der Waals surface area contributed by atoms with E-state index in [1.54, 1.807) is 0 Å². The van der Waals surface area contributed by atoms with Crippen molar-refractivity contribution in [2.75, 3.05) is 32.7 Å². The van der Waals surface area contributed by atoms with E-state index in [0.29, 0.717) is 0 Å². The van der Waals surface area contributed by atoms with Gasteiger partial charge in [0.25, 0.3) is 0 Å². The van der Waals surface area contributed by atoms with Crippen LogP contribution in [0.5, 0.6) is 0 Å². The number of piperidine rings is 1. The lowest BCUT2D eigenvalue weighted by Gasteiger charge is -2.44. The van der Waals surface area contributed by atoms with Crippen LogP contribution in [0.2, 0.25) is 0 Å². The number of rotatable bonds is 4. The molecule has 0 aromatic carbocycles. The summed E-state index contributed by atoms with van der Waals surface area (Å²) in [6.45, 7) is 7.87. The Labute approximate surface area is 99.4 Å². The summed E-state index contributed by atoms with van der Waals surface area (Å²) < 4.78 is 0. The van der Waals surface area contributed by atoms with E-state index in [-0.39, 0.29) is 6.10 Å². The molecule has 3 heteroatoms. The minimum Gasteiger partial charge on any atom is -0.392 e. The maximum Gasteiger partial charge on any atom is 0.0667 e. The fraction of sp³-hybridized carbons (Fsp3) is 1.00. The van der Waals surface area contributed by atoms with Gasteiger partial charge in [0, 0.05) is 32.2 Å². The Morgan fingerprint density at radius 2 is 2.12 bits per heavy atom. The molecule has 2 fully saturated rings. The van der Waals surface area contributed by atoms with Crippen LogP contribution in [0.3, 0.4) is 0 Å². The van der Waals surface area contributed by atoms with Crippen molar-refractivity contribution in [2.45, 2.75) is 51.2 Å². The highest BCUT2D eigenvalue weighted by atomic mass is 16.3. The van der Waals surface area contributed by atoms with Crippen molar-refractivity contribution in [3.8, 4) is 0 Å². The Bertz CT molecular complexity index is 210. The molecule has 0 aromatic heterocycles. The molecule has 2 aliphatic heterocycles. The molecule has 0 saturated carbocycles. The van der Waals surface area contributed by atoms with E-state index < -0.39 is 0 Å². The van der Waals surface area contributed by atoms with Gasteiger partial charge in [0.15, 0.2) is 0 Å². The molecule has 0 aromatic rings. The highest BCUT2D eigenvalue weighted by Gasteiger charge is 2.29. The Morgan fingerprint density at radius 3 is 2.94 bits per heavy atom. The van der Waals surface area contributed by atoms with Gasteiger partial charge in [-0.3, -0.25) is 9.80 Å². The molecule has 2 aliphatic rings. The van der Waals surface area contributed by atoms with Gasteiger partial charge in [-0.05, 0) is 25.8 Å². The van der Waals surface area contributed by atoms with Gasteiger partial charge in [0.1, 0.15) is 0 Å². The number of hydrogen-bond acceptors (Lipinski definition) is 3. The smallest absolute Gasteiger partial charge is 0.0667 e. The lowest BCUT2D eigenvalue weighted by atomic mass is 9.99. The maximum absolute atomic E-state index is 9.84. The fourth-order valence-corrected chi connectivity index (χ4v) is 3.11. The zero-order valence-electron chi connectivity index (χ0n) is 10.6. The number of β-amino-alcohol motifs (C(OH)–C–C–N with tert-alkyl or cyclic N) is 1. The molecule has 0 amide bonds. The van der Waals surface area contributed by atoms with E-state index in [0.717, 1.165) is 32.0 Å². The molecule has 0 bridgehead atoms. The predicted octanol–water partition coefficient (Wildman–Crippen LogP) is 1.32. The first-order chi connectivity index (χ1) is 7.79. The van der Waals surface area contributed by atoms with Crippen LogP contribution in [0.25, 0.3) is 0 Å². The third kappa shape index (κ3) is 3.19. The van der Waals surface area contributed by atoms with Crippen molar-refractivity contribution in [3.63, 3.8) is 0 Å². The van der Waals surface area contributed by atoms with Crippen molar-refractivity contribution in [2.24, 2.45) is 0 Å². The van der Waals surface area contributed by atoms with Crippen LogP contribution in [-0.2, 0) is 0 Å². The lowest BCUT2D eigenvalue weighted by Crippen LogP contribution is -2.55. The summed E-state index contributed by atoms with van der Waals surface area (Å²) in [5.41, 5.74) is 0. The molecule has 2 saturated heterocycles. The van der Waals surface area contributed by atoms with Crippen LogP contribution in [0, 0.1) is 0 Å². The van der Waals surface area contributed by atoms with Crippen LogP contribution >= 0.6 is 0 Å². The minimum absolute atomic E-state index is 0.111. The largest absolute Gasteiger partial charge is 0.392 e. The first kappa shape index (κ1) is 12.3. The van der Waals surface area contributed by atoms with Gasteiger partial charge in [-0.1, -0.05) is 19.8 Å². The average molecular weight is 226 g/mol. The quantitative estimate of drug-likeness (QED) is 0.783. The van der Waals surface area contributed by atoms with Crippen molar-refractivity contribution in [3.05, 3.63) is 0 Å². The van der Waals surface area contributed by atoms with Gasteiger partial charge in [-0.2, -0.15) is 0 Å². The molecule has 94 valence electrons. The summed E-state index contributed by atoms with van der Waals surface area (Å²) in [4.78, 5) is 5.11. The molecular weight excluding hydrogens is 200 g/mol. The van der Waals surface area contributed by atoms with Crippen molar-refractivity contribution in [1.82, 2.24) is 9.80 Å². The van der Waals surface area contributed by atoms with Crippen LogP contribution in [0.4, 0.5) is 0 Å². The van der Waals surface area contributed by atoms with E-state index in [4.69, 9.17) is 0 Å². The van der Waals surface area contributed by atoms with E-state index >= 15 is 0 Å². The standard InChI is InChI=1S/C13H26N2O/c1-2-5-13(16)11-14-8-9-15-7-4-3-6-12(15)10-14/h12-13,16H,2-11H2,1H3. The second-order valence-corrected chi connectivity index (χ2v) is 5.39. The summed E-state index contributed by atoms with van der Waals surface area (Å²) in [5.74, 6) is 0. The molecule has 3 nitrogen and oxygen atoms in total. The summed E-state index contributed by atoms with van der Waals surface area (Å²) in [7, 11) is 0. The Hall–Kier alpha value is -0.120. The molecule has 1 N–H and O–H groups in total. The molecule has 16 heavy (non-hydrogen) atoms. The lowest BCUT2D eigenvalue weighted by molar-refractivity contribution is 0.0219. The van der Waals surface area contributed by atoms with Crippen LogP contribution in [0.15, 0.2) is 0 Å². The van der Waals surface area contributed by atoms with Gasteiger partial charge in [0.05, 0.1) is 6.10 Å². The van der Waals surface area contributed by atoms with Gasteiger partial charge in [-0.25, -0.2) is 0 Å². The molecule has 2 heterocycles. The van der Waals surface area contributed by atoms with Crippen LogP contribution in [-0.4, -0.2) is 59.8 Å². The normalized spacial score (nSPS) is 30.0. The van der Waals surface area contributed by atoms with E-state index in [1.807, 2.05) is 0 Å².